The van der Waals surface area contributed by atoms with Gasteiger partial charge >= 0.3 is 6.36 Å². The van der Waals surface area contributed by atoms with Gasteiger partial charge in [0.2, 0.25) is 0 Å². The molecule has 0 aliphatic heterocycles. The summed E-state index contributed by atoms with van der Waals surface area (Å²) in [5.74, 6) is 0. The largest absolute Gasteiger partial charge is 0.523 e. The molecule has 0 aromatic rings. The lowest BCUT2D eigenvalue weighted by atomic mass is 10.1. The lowest BCUT2D eigenvalue weighted by Gasteiger charge is -2.23. The molecule has 0 rings (SSSR count). The van der Waals surface area contributed by atoms with Crippen LogP contribution in [0.5, 0.6) is 0 Å². The van der Waals surface area contributed by atoms with Gasteiger partial charge in [0.1, 0.15) is 0 Å². The van der Waals surface area contributed by atoms with Gasteiger partial charge in [0, 0.05) is 6.54 Å². The van der Waals surface area contributed by atoms with Crippen molar-refractivity contribution in [3.8, 4) is 0 Å². The van der Waals surface area contributed by atoms with Crippen molar-refractivity contribution in [2.75, 3.05) is 6.54 Å². The van der Waals surface area contributed by atoms with Gasteiger partial charge in [-0.1, -0.05) is 0 Å². The maximum atomic E-state index is 11.5. The molecule has 0 radical (unpaired) electrons. The van der Waals surface area contributed by atoms with Gasteiger partial charge in [-0.05, 0) is 13.8 Å². The highest BCUT2D eigenvalue weighted by molar-refractivity contribution is 4.68. The topological polar surface area (TPSA) is 35.2 Å². The van der Waals surface area contributed by atoms with Gasteiger partial charge in [0.15, 0.2) is 0 Å². The summed E-state index contributed by atoms with van der Waals surface area (Å²) in [5, 5.41) is 0. The van der Waals surface area contributed by atoms with Gasteiger partial charge < -0.3 is 5.73 Å². The normalized spacial score (nSPS) is 13.8. The smallest absolute Gasteiger partial charge is 0.328 e. The van der Waals surface area contributed by atoms with Crippen LogP contribution in [0.2, 0.25) is 0 Å². The lowest BCUT2D eigenvalue weighted by Crippen LogP contribution is -2.39. The molecule has 0 aliphatic carbocycles. The van der Waals surface area contributed by atoms with Crippen LogP contribution in [-0.4, -0.2) is 18.5 Å². The van der Waals surface area contributed by atoms with Gasteiger partial charge in [-0.3, -0.25) is 4.74 Å². The third kappa shape index (κ3) is 4.58. The molecule has 62 valence electrons. The first-order valence-corrected chi connectivity index (χ1v) is 2.74. The van der Waals surface area contributed by atoms with E-state index < -0.39 is 12.0 Å². The van der Waals surface area contributed by atoms with Gasteiger partial charge in [-0.25, -0.2) is 0 Å². The van der Waals surface area contributed by atoms with Crippen molar-refractivity contribution < 1.29 is 17.9 Å². The van der Waals surface area contributed by atoms with E-state index in [0.717, 1.165) is 0 Å². The maximum absolute atomic E-state index is 11.5. The summed E-state index contributed by atoms with van der Waals surface area (Å²) < 4.78 is 38.0. The summed E-state index contributed by atoms with van der Waals surface area (Å²) >= 11 is 0. The first-order chi connectivity index (χ1) is 4.27. The number of nitrogens with two attached hydrogens (primary N) is 1. The average molecular weight is 157 g/mol. The molecule has 0 aromatic heterocycles. The van der Waals surface area contributed by atoms with E-state index >= 15 is 0 Å². The first kappa shape index (κ1) is 9.71. The molecule has 10 heavy (non-hydrogen) atoms. The van der Waals surface area contributed by atoms with Crippen molar-refractivity contribution in [1.29, 1.82) is 0 Å². The van der Waals surface area contributed by atoms with Crippen LogP contribution in [0.15, 0.2) is 0 Å². The van der Waals surface area contributed by atoms with Crippen molar-refractivity contribution in [1.82, 2.24) is 0 Å². The Hall–Kier alpha value is -0.290. The number of ether oxygens (including phenoxy) is 1. The van der Waals surface area contributed by atoms with Crippen molar-refractivity contribution in [3.05, 3.63) is 0 Å². The van der Waals surface area contributed by atoms with Crippen LogP contribution in [0.3, 0.4) is 0 Å². The molecule has 0 unspecified atom stereocenters. The van der Waals surface area contributed by atoms with Crippen molar-refractivity contribution in [2.45, 2.75) is 25.8 Å². The van der Waals surface area contributed by atoms with Crippen LogP contribution in [0.25, 0.3) is 0 Å². The predicted octanol–water partition coefficient (Wildman–Crippen LogP) is 1.26. The zero-order valence-electron chi connectivity index (χ0n) is 5.83. The van der Waals surface area contributed by atoms with Crippen molar-refractivity contribution in [3.63, 3.8) is 0 Å². The summed E-state index contributed by atoms with van der Waals surface area (Å²) in [6.07, 6.45) is -4.59. The van der Waals surface area contributed by atoms with Crippen LogP contribution in [0.4, 0.5) is 13.2 Å². The molecule has 5 heteroatoms. The summed E-state index contributed by atoms with van der Waals surface area (Å²) in [6, 6.07) is 0. The second kappa shape index (κ2) is 2.75. The zero-order chi connectivity index (χ0) is 8.41. The van der Waals surface area contributed by atoms with Gasteiger partial charge in [-0.15, -0.1) is 13.2 Å². The second-order valence-electron chi connectivity index (χ2n) is 2.51. The molecule has 0 bridgehead atoms. The predicted molar refractivity (Wildman–Crippen MR) is 30.3 cm³/mol. The van der Waals surface area contributed by atoms with E-state index in [1.807, 2.05) is 0 Å². The first-order valence-electron chi connectivity index (χ1n) is 2.74. The Morgan fingerprint density at radius 2 is 1.70 bits per heavy atom. The molecule has 0 spiro atoms. The van der Waals surface area contributed by atoms with Crippen LogP contribution in [0, 0.1) is 0 Å². The van der Waals surface area contributed by atoms with E-state index in [0.29, 0.717) is 0 Å². The molecular weight excluding hydrogens is 147 g/mol. The fourth-order valence-corrected chi connectivity index (χ4v) is 0.355. The minimum Gasteiger partial charge on any atom is -0.328 e. The highest BCUT2D eigenvalue weighted by Gasteiger charge is 2.36. The molecule has 0 amide bonds. The third-order valence-electron chi connectivity index (χ3n) is 0.884. The Bertz CT molecular complexity index is 110. The number of alkyl halides is 3. The minimum atomic E-state index is -4.59. The summed E-state index contributed by atoms with van der Waals surface area (Å²) in [4.78, 5) is 0. The Balaban J connectivity index is 3.89. The Morgan fingerprint density at radius 1 is 1.30 bits per heavy atom. The Morgan fingerprint density at radius 3 is 1.80 bits per heavy atom. The van der Waals surface area contributed by atoms with Crippen LogP contribution in [0.1, 0.15) is 13.8 Å². The Labute approximate surface area is 57.1 Å². The molecule has 2 nitrogen and oxygen atoms in total. The molecule has 0 fully saturated rings. The lowest BCUT2D eigenvalue weighted by molar-refractivity contribution is -0.359. The van der Waals surface area contributed by atoms with E-state index in [4.69, 9.17) is 5.73 Å². The molecule has 0 heterocycles. The van der Waals surface area contributed by atoms with Crippen LogP contribution < -0.4 is 5.73 Å². The second-order valence-corrected chi connectivity index (χ2v) is 2.51. The fourth-order valence-electron chi connectivity index (χ4n) is 0.355. The highest BCUT2D eigenvalue weighted by atomic mass is 19.4. The Kier molecular flexibility index (Phi) is 2.67. The summed E-state index contributed by atoms with van der Waals surface area (Å²) in [6.45, 7) is 2.40. The fraction of sp³-hybridized carbons (Fsp3) is 1.00. The van der Waals surface area contributed by atoms with E-state index in [1.165, 1.54) is 13.8 Å². The quantitative estimate of drug-likeness (QED) is 0.654. The molecule has 2 N–H and O–H groups in total. The summed E-state index contributed by atoms with van der Waals surface area (Å²) in [5.41, 5.74) is 3.67. The summed E-state index contributed by atoms with van der Waals surface area (Å²) in [7, 11) is 0. The maximum Gasteiger partial charge on any atom is 0.523 e. The number of rotatable bonds is 2. The van der Waals surface area contributed by atoms with Gasteiger partial charge in [0.25, 0.3) is 0 Å². The van der Waals surface area contributed by atoms with E-state index in [1.54, 1.807) is 0 Å². The number of hydrogen-bond donors (Lipinski definition) is 1. The van der Waals surface area contributed by atoms with E-state index in [9.17, 15) is 13.2 Å². The zero-order valence-corrected chi connectivity index (χ0v) is 5.83. The monoisotopic (exact) mass is 157 g/mol. The molecule has 0 atom stereocenters. The SMILES string of the molecule is CC(C)(CN)OC(F)(F)F. The standard InChI is InChI=1S/C5H10F3NO/c1-4(2,3-9)10-5(6,7)8/h3,9H2,1-2H3. The average Bonchev–Trinajstić information content (AvgIpc) is 1.60. The van der Waals surface area contributed by atoms with E-state index in [2.05, 4.69) is 4.74 Å². The molecular formula is C5H10F3NO. The number of halogens is 3. The molecule has 0 saturated carbocycles. The molecule has 0 aliphatic rings. The third-order valence-corrected chi connectivity index (χ3v) is 0.884. The van der Waals surface area contributed by atoms with E-state index in [-0.39, 0.29) is 6.54 Å². The van der Waals surface area contributed by atoms with Crippen molar-refractivity contribution in [2.24, 2.45) is 5.73 Å². The molecule has 0 saturated heterocycles. The van der Waals surface area contributed by atoms with Crippen LogP contribution >= 0.6 is 0 Å². The molecule has 0 aromatic carbocycles. The van der Waals surface area contributed by atoms with Gasteiger partial charge in [-0.2, -0.15) is 0 Å². The highest BCUT2D eigenvalue weighted by Crippen LogP contribution is 2.23. The van der Waals surface area contributed by atoms with Crippen molar-refractivity contribution >= 4 is 0 Å². The minimum absolute atomic E-state index is 0.160. The van der Waals surface area contributed by atoms with Crippen LogP contribution in [-0.2, 0) is 4.74 Å². The number of hydrogen-bond acceptors (Lipinski definition) is 2. The van der Waals surface area contributed by atoms with Gasteiger partial charge in [0.05, 0.1) is 5.60 Å².